The fourth-order valence-electron chi connectivity index (χ4n) is 2.39. The number of carbonyl (C=O) groups excluding carboxylic acids is 1. The molecule has 2 aromatic rings. The minimum atomic E-state index is -0.00875. The summed E-state index contributed by atoms with van der Waals surface area (Å²) in [5.41, 5.74) is 2.22. The van der Waals surface area contributed by atoms with Crippen LogP contribution in [-0.4, -0.2) is 21.1 Å². The zero-order valence-corrected chi connectivity index (χ0v) is 13.5. The Bertz CT molecular complexity index is 572. The van der Waals surface area contributed by atoms with Gasteiger partial charge in [0.2, 0.25) is 5.91 Å². The molecule has 2 N–H and O–H groups in total. The normalized spacial score (nSPS) is 12.9. The van der Waals surface area contributed by atoms with Crippen LogP contribution in [0.3, 0.4) is 0 Å². The topological polar surface area (TPSA) is 70.7 Å². The SMILES string of the molecule is CC(C)(C)CC(NC(=O)CCc1cn[nH]c1)c1cccnc1. The Kier molecular flexibility index (Phi) is 5.31. The maximum atomic E-state index is 12.2. The van der Waals surface area contributed by atoms with E-state index >= 15 is 0 Å². The molecule has 2 aromatic heterocycles. The molecule has 118 valence electrons. The van der Waals surface area contributed by atoms with Crippen LogP contribution in [0.1, 0.15) is 50.8 Å². The second-order valence-electron chi connectivity index (χ2n) is 6.78. The number of nitrogens with zero attached hydrogens (tertiary/aromatic N) is 2. The molecule has 22 heavy (non-hydrogen) atoms. The maximum Gasteiger partial charge on any atom is 0.220 e. The molecule has 0 aromatic carbocycles. The zero-order chi connectivity index (χ0) is 16.0. The maximum absolute atomic E-state index is 12.2. The highest BCUT2D eigenvalue weighted by atomic mass is 16.1. The third-order valence-corrected chi connectivity index (χ3v) is 3.43. The minimum absolute atomic E-state index is 0.00875. The van der Waals surface area contributed by atoms with Gasteiger partial charge in [-0.3, -0.25) is 14.9 Å². The van der Waals surface area contributed by atoms with Crippen LogP contribution in [0.5, 0.6) is 0 Å². The summed E-state index contributed by atoms with van der Waals surface area (Å²) < 4.78 is 0. The molecule has 0 fully saturated rings. The van der Waals surface area contributed by atoms with Crippen LogP contribution >= 0.6 is 0 Å². The fourth-order valence-corrected chi connectivity index (χ4v) is 2.39. The van der Waals surface area contributed by atoms with Crippen molar-refractivity contribution in [3.8, 4) is 0 Å². The van der Waals surface area contributed by atoms with Crippen molar-refractivity contribution in [1.82, 2.24) is 20.5 Å². The van der Waals surface area contributed by atoms with Gasteiger partial charge in [-0.1, -0.05) is 26.8 Å². The molecule has 0 aliphatic rings. The molecule has 0 radical (unpaired) electrons. The minimum Gasteiger partial charge on any atom is -0.349 e. The molecule has 0 spiro atoms. The van der Waals surface area contributed by atoms with Crippen LogP contribution in [-0.2, 0) is 11.2 Å². The van der Waals surface area contributed by atoms with E-state index in [9.17, 15) is 4.79 Å². The fraction of sp³-hybridized carbons (Fsp3) is 0.471. The first-order valence-corrected chi connectivity index (χ1v) is 7.61. The first-order chi connectivity index (χ1) is 10.4. The van der Waals surface area contributed by atoms with E-state index < -0.39 is 0 Å². The van der Waals surface area contributed by atoms with E-state index in [1.165, 1.54) is 0 Å². The monoisotopic (exact) mass is 300 g/mol. The number of H-pyrrole nitrogens is 1. The molecule has 0 aliphatic heterocycles. The Labute approximate surface area is 131 Å². The number of hydrogen-bond donors (Lipinski definition) is 2. The van der Waals surface area contributed by atoms with Crippen molar-refractivity contribution in [2.24, 2.45) is 5.41 Å². The first-order valence-electron chi connectivity index (χ1n) is 7.61. The standard InChI is InChI=1S/C17H24N4O/c1-17(2,3)9-15(14-5-4-8-18-12-14)21-16(22)7-6-13-10-19-20-11-13/h4-5,8,10-12,15H,6-7,9H2,1-3H3,(H,19,20)(H,21,22). The van der Waals surface area contributed by atoms with Crippen molar-refractivity contribution in [3.63, 3.8) is 0 Å². The van der Waals surface area contributed by atoms with Gasteiger partial charge in [-0.2, -0.15) is 5.10 Å². The van der Waals surface area contributed by atoms with Crippen LogP contribution in [0.15, 0.2) is 36.9 Å². The van der Waals surface area contributed by atoms with Crippen LogP contribution in [0.2, 0.25) is 0 Å². The van der Waals surface area contributed by atoms with Gasteiger partial charge in [0, 0.05) is 25.0 Å². The van der Waals surface area contributed by atoms with Gasteiger partial charge in [0.15, 0.2) is 0 Å². The van der Waals surface area contributed by atoms with Crippen molar-refractivity contribution in [2.75, 3.05) is 0 Å². The van der Waals surface area contributed by atoms with Gasteiger partial charge in [0.1, 0.15) is 0 Å². The molecule has 5 heteroatoms. The number of carbonyl (C=O) groups is 1. The second-order valence-corrected chi connectivity index (χ2v) is 6.78. The summed E-state index contributed by atoms with van der Waals surface area (Å²) in [4.78, 5) is 16.4. The summed E-state index contributed by atoms with van der Waals surface area (Å²) in [6, 6.07) is 3.91. The van der Waals surface area contributed by atoms with Gasteiger partial charge in [-0.25, -0.2) is 0 Å². The molecule has 0 aliphatic carbocycles. The first kappa shape index (κ1) is 16.2. The van der Waals surface area contributed by atoms with Gasteiger partial charge in [-0.05, 0) is 35.4 Å². The highest BCUT2D eigenvalue weighted by Crippen LogP contribution is 2.29. The summed E-state index contributed by atoms with van der Waals surface area (Å²) in [6.45, 7) is 6.52. The Balaban J connectivity index is 1.98. The molecule has 2 heterocycles. The van der Waals surface area contributed by atoms with E-state index in [0.29, 0.717) is 12.8 Å². The van der Waals surface area contributed by atoms with E-state index in [1.807, 2.05) is 24.5 Å². The summed E-state index contributed by atoms with van der Waals surface area (Å²) in [5, 5.41) is 9.80. The molecule has 1 atom stereocenters. The lowest BCUT2D eigenvalue weighted by Gasteiger charge is -2.27. The van der Waals surface area contributed by atoms with Crippen molar-refractivity contribution >= 4 is 5.91 Å². The predicted octanol–water partition coefficient (Wildman–Crippen LogP) is 3.03. The molecule has 0 bridgehead atoms. The summed E-state index contributed by atoms with van der Waals surface area (Å²) >= 11 is 0. The van der Waals surface area contributed by atoms with E-state index in [4.69, 9.17) is 0 Å². The van der Waals surface area contributed by atoms with Crippen LogP contribution in [0.4, 0.5) is 0 Å². The number of amides is 1. The van der Waals surface area contributed by atoms with Gasteiger partial charge in [0.05, 0.1) is 12.2 Å². The number of rotatable bonds is 6. The highest BCUT2D eigenvalue weighted by molar-refractivity contribution is 5.76. The lowest BCUT2D eigenvalue weighted by molar-refractivity contribution is -0.122. The third-order valence-electron chi connectivity index (χ3n) is 3.43. The lowest BCUT2D eigenvalue weighted by Crippen LogP contribution is -2.31. The Hall–Kier alpha value is -2.17. The van der Waals surface area contributed by atoms with Crippen LogP contribution in [0, 0.1) is 5.41 Å². The second kappa shape index (κ2) is 7.20. The molecule has 1 unspecified atom stereocenters. The van der Waals surface area contributed by atoms with Crippen molar-refractivity contribution < 1.29 is 4.79 Å². The molecular formula is C17H24N4O. The summed E-state index contributed by atoms with van der Waals surface area (Å²) in [7, 11) is 0. The highest BCUT2D eigenvalue weighted by Gasteiger charge is 2.22. The quantitative estimate of drug-likeness (QED) is 0.861. The van der Waals surface area contributed by atoms with E-state index in [1.54, 1.807) is 12.4 Å². The summed E-state index contributed by atoms with van der Waals surface area (Å²) in [5.74, 6) is 0.0549. The molecule has 5 nitrogen and oxygen atoms in total. The van der Waals surface area contributed by atoms with E-state index in [2.05, 4.69) is 41.3 Å². The number of aromatic nitrogens is 3. The third kappa shape index (κ3) is 5.31. The summed E-state index contributed by atoms with van der Waals surface area (Å²) in [6.07, 6.45) is 9.17. The van der Waals surface area contributed by atoms with E-state index in [0.717, 1.165) is 17.5 Å². The number of hydrogen-bond acceptors (Lipinski definition) is 3. The average Bonchev–Trinajstić information content (AvgIpc) is 2.97. The molecule has 2 rings (SSSR count). The zero-order valence-electron chi connectivity index (χ0n) is 13.5. The van der Waals surface area contributed by atoms with Crippen molar-refractivity contribution in [1.29, 1.82) is 0 Å². The van der Waals surface area contributed by atoms with Gasteiger partial charge < -0.3 is 5.32 Å². The smallest absolute Gasteiger partial charge is 0.220 e. The number of nitrogens with one attached hydrogen (secondary N) is 2. The average molecular weight is 300 g/mol. The Morgan fingerprint density at radius 3 is 2.77 bits per heavy atom. The van der Waals surface area contributed by atoms with Crippen molar-refractivity contribution in [3.05, 3.63) is 48.0 Å². The number of aryl methyl sites for hydroxylation is 1. The van der Waals surface area contributed by atoms with Crippen LogP contribution < -0.4 is 5.32 Å². The lowest BCUT2D eigenvalue weighted by atomic mass is 9.85. The van der Waals surface area contributed by atoms with Crippen LogP contribution in [0.25, 0.3) is 0 Å². The molecule has 0 saturated carbocycles. The molecular weight excluding hydrogens is 276 g/mol. The van der Waals surface area contributed by atoms with Gasteiger partial charge >= 0.3 is 0 Å². The molecule has 0 saturated heterocycles. The van der Waals surface area contributed by atoms with E-state index in [-0.39, 0.29) is 17.4 Å². The van der Waals surface area contributed by atoms with Crippen molar-refractivity contribution in [2.45, 2.75) is 46.1 Å². The Morgan fingerprint density at radius 1 is 1.36 bits per heavy atom. The predicted molar refractivity (Wildman–Crippen MR) is 86.1 cm³/mol. The molecule has 1 amide bonds. The van der Waals surface area contributed by atoms with Gasteiger partial charge in [-0.15, -0.1) is 0 Å². The number of aromatic amines is 1. The number of pyridine rings is 1. The Morgan fingerprint density at radius 2 is 2.18 bits per heavy atom. The largest absolute Gasteiger partial charge is 0.349 e. The van der Waals surface area contributed by atoms with Gasteiger partial charge in [0.25, 0.3) is 0 Å².